The molecule has 0 heterocycles. The lowest BCUT2D eigenvalue weighted by atomic mass is 10.2. The monoisotopic (exact) mass is 378 g/mol. The number of rotatable bonds is 8. The van der Waals surface area contributed by atoms with Crippen molar-refractivity contribution in [1.82, 2.24) is 4.89 Å². The van der Waals surface area contributed by atoms with Gasteiger partial charge in [0, 0.05) is 11.3 Å². The third-order valence-electron chi connectivity index (χ3n) is 3.39. The topological polar surface area (TPSA) is 93.7 Å². The summed E-state index contributed by atoms with van der Waals surface area (Å²) in [6, 6.07) is 12.9. The van der Waals surface area contributed by atoms with Crippen molar-refractivity contribution in [2.24, 2.45) is 0 Å². The summed E-state index contributed by atoms with van der Waals surface area (Å²) in [6.07, 6.45) is 0.121. The molecule has 1 amide bonds. The number of benzene rings is 2. The maximum absolute atomic E-state index is 12.3. The molecule has 8 heteroatoms. The second-order valence-corrected chi connectivity index (χ2v) is 7.47. The van der Waals surface area contributed by atoms with E-state index in [0.717, 1.165) is 5.56 Å². The van der Waals surface area contributed by atoms with Gasteiger partial charge in [-0.2, -0.15) is 0 Å². The maximum atomic E-state index is 12.3. The number of nitrogens with one attached hydrogen (secondary N) is 2. The quantitative estimate of drug-likeness (QED) is 0.689. The van der Waals surface area contributed by atoms with Crippen molar-refractivity contribution in [3.8, 4) is 0 Å². The van der Waals surface area contributed by atoms with E-state index in [2.05, 4.69) is 10.2 Å². The molecule has 0 saturated carbocycles. The van der Waals surface area contributed by atoms with Gasteiger partial charge in [-0.3, -0.25) is 9.63 Å². The van der Waals surface area contributed by atoms with Crippen molar-refractivity contribution in [3.05, 3.63) is 59.7 Å². The van der Waals surface area contributed by atoms with Crippen LogP contribution in [0.3, 0.4) is 0 Å². The first-order valence-electron chi connectivity index (χ1n) is 7.98. The van der Waals surface area contributed by atoms with E-state index in [-0.39, 0.29) is 16.9 Å². The second kappa shape index (κ2) is 8.91. The first-order chi connectivity index (χ1) is 12.3. The van der Waals surface area contributed by atoms with Crippen molar-refractivity contribution in [3.63, 3.8) is 0 Å². The molecule has 140 valence electrons. The van der Waals surface area contributed by atoms with Crippen LogP contribution in [-0.4, -0.2) is 27.5 Å². The van der Waals surface area contributed by atoms with Crippen molar-refractivity contribution < 1.29 is 22.8 Å². The predicted octanol–water partition coefficient (Wildman–Crippen LogP) is 2.70. The van der Waals surface area contributed by atoms with Crippen LogP contribution in [0.15, 0.2) is 53.4 Å². The van der Waals surface area contributed by atoms with Gasteiger partial charge in [0.05, 0.1) is 24.7 Å². The molecular weight excluding hydrogens is 356 g/mol. The molecule has 0 unspecified atom stereocenters. The smallest absolute Gasteiger partial charge is 0.262 e. The number of amides is 1. The fourth-order valence-electron chi connectivity index (χ4n) is 2.15. The Balaban J connectivity index is 2.07. The minimum Gasteiger partial charge on any atom is -0.374 e. The van der Waals surface area contributed by atoms with E-state index in [0.29, 0.717) is 17.9 Å². The van der Waals surface area contributed by atoms with Gasteiger partial charge in [-0.1, -0.05) is 17.0 Å². The molecule has 2 rings (SSSR count). The average Bonchev–Trinajstić information content (AvgIpc) is 2.60. The van der Waals surface area contributed by atoms with E-state index in [1.54, 1.807) is 6.07 Å². The minimum atomic E-state index is -3.75. The van der Waals surface area contributed by atoms with E-state index in [4.69, 9.17) is 4.74 Å². The Morgan fingerprint density at radius 2 is 1.81 bits per heavy atom. The number of carbonyl (C=O) groups excluding carboxylic acids is 1. The summed E-state index contributed by atoms with van der Waals surface area (Å²) in [5.41, 5.74) is 1.92. The van der Waals surface area contributed by atoms with Crippen molar-refractivity contribution in [2.45, 2.75) is 31.5 Å². The van der Waals surface area contributed by atoms with Crippen LogP contribution in [-0.2, 0) is 26.2 Å². The summed E-state index contributed by atoms with van der Waals surface area (Å²) < 4.78 is 29.2. The van der Waals surface area contributed by atoms with Gasteiger partial charge in [-0.25, -0.2) is 8.42 Å². The standard InChI is InChI=1S/C18H22N2O5S/c1-13(2)25-12-14-5-4-6-16(11-14)19-18(21)15-7-9-17(10-8-15)26(22,23)20-24-3/h4-11,13,20H,12H2,1-3H3,(H,19,21). The molecule has 0 aromatic heterocycles. The molecule has 0 fully saturated rings. The lowest BCUT2D eigenvalue weighted by molar-refractivity contribution is 0.0657. The molecule has 0 bridgehead atoms. The highest BCUT2D eigenvalue weighted by Crippen LogP contribution is 2.15. The van der Waals surface area contributed by atoms with E-state index in [1.165, 1.54) is 31.4 Å². The van der Waals surface area contributed by atoms with E-state index in [1.807, 2.05) is 36.9 Å². The fraction of sp³-hybridized carbons (Fsp3) is 0.278. The zero-order valence-electron chi connectivity index (χ0n) is 14.9. The highest BCUT2D eigenvalue weighted by atomic mass is 32.2. The molecule has 26 heavy (non-hydrogen) atoms. The number of hydrogen-bond donors (Lipinski definition) is 2. The van der Waals surface area contributed by atoms with Gasteiger partial charge < -0.3 is 10.1 Å². The predicted molar refractivity (Wildman–Crippen MR) is 98.1 cm³/mol. The highest BCUT2D eigenvalue weighted by molar-refractivity contribution is 7.89. The van der Waals surface area contributed by atoms with Gasteiger partial charge in [0.25, 0.3) is 15.9 Å². The van der Waals surface area contributed by atoms with Crippen LogP contribution in [0.1, 0.15) is 29.8 Å². The summed E-state index contributed by atoms with van der Waals surface area (Å²) in [5, 5.41) is 2.79. The van der Waals surface area contributed by atoms with Gasteiger partial charge in [-0.15, -0.1) is 0 Å². The van der Waals surface area contributed by atoms with Gasteiger partial charge in [0.1, 0.15) is 0 Å². The second-order valence-electron chi connectivity index (χ2n) is 5.83. The van der Waals surface area contributed by atoms with Crippen LogP contribution in [0.5, 0.6) is 0 Å². The van der Waals surface area contributed by atoms with Crippen LogP contribution < -0.4 is 10.2 Å². The maximum Gasteiger partial charge on any atom is 0.262 e. The average molecular weight is 378 g/mol. The summed E-state index contributed by atoms with van der Waals surface area (Å²) in [7, 11) is -2.54. The Labute approximate surface area is 153 Å². The van der Waals surface area contributed by atoms with Gasteiger partial charge in [0.15, 0.2) is 0 Å². The molecule has 7 nitrogen and oxygen atoms in total. The Morgan fingerprint density at radius 3 is 2.42 bits per heavy atom. The zero-order valence-corrected chi connectivity index (χ0v) is 15.7. The normalized spacial score (nSPS) is 11.5. The number of anilines is 1. The molecule has 0 aliphatic heterocycles. The first-order valence-corrected chi connectivity index (χ1v) is 9.47. The van der Waals surface area contributed by atoms with E-state index < -0.39 is 10.0 Å². The largest absolute Gasteiger partial charge is 0.374 e. The molecule has 0 atom stereocenters. The molecule has 2 N–H and O–H groups in total. The third kappa shape index (κ3) is 5.63. The molecular formula is C18H22N2O5S. The minimum absolute atomic E-state index is 0.00346. The number of hydrogen-bond acceptors (Lipinski definition) is 5. The molecule has 2 aromatic rings. The third-order valence-corrected chi connectivity index (χ3v) is 4.67. The van der Waals surface area contributed by atoms with Gasteiger partial charge in [-0.05, 0) is 55.8 Å². The lowest BCUT2D eigenvalue weighted by Gasteiger charge is -2.10. The van der Waals surface area contributed by atoms with Crippen LogP contribution >= 0.6 is 0 Å². The summed E-state index contributed by atoms with van der Waals surface area (Å²) in [5.74, 6) is -0.337. The van der Waals surface area contributed by atoms with E-state index >= 15 is 0 Å². The summed E-state index contributed by atoms with van der Waals surface area (Å²) >= 11 is 0. The van der Waals surface area contributed by atoms with Crippen molar-refractivity contribution in [1.29, 1.82) is 0 Å². The molecule has 0 aliphatic rings. The molecule has 0 spiro atoms. The summed E-state index contributed by atoms with van der Waals surface area (Å²) in [4.78, 5) is 18.7. The van der Waals surface area contributed by atoms with Gasteiger partial charge >= 0.3 is 0 Å². The van der Waals surface area contributed by atoms with Crippen LogP contribution in [0.25, 0.3) is 0 Å². The molecule has 0 saturated heterocycles. The lowest BCUT2D eigenvalue weighted by Crippen LogP contribution is -2.22. The van der Waals surface area contributed by atoms with E-state index in [9.17, 15) is 13.2 Å². The SMILES string of the molecule is CONS(=O)(=O)c1ccc(C(=O)Nc2cccc(COC(C)C)c2)cc1. The zero-order chi connectivity index (χ0) is 19.2. The van der Waals surface area contributed by atoms with Crippen LogP contribution in [0.4, 0.5) is 5.69 Å². The van der Waals surface area contributed by atoms with Crippen LogP contribution in [0.2, 0.25) is 0 Å². The van der Waals surface area contributed by atoms with Crippen molar-refractivity contribution >= 4 is 21.6 Å². The first kappa shape index (κ1) is 20.1. The van der Waals surface area contributed by atoms with Crippen molar-refractivity contribution in [2.75, 3.05) is 12.4 Å². The summed E-state index contributed by atoms with van der Waals surface area (Å²) in [6.45, 7) is 4.37. The Kier molecular flexibility index (Phi) is 6.87. The Bertz CT molecular complexity index is 848. The van der Waals surface area contributed by atoms with Crippen LogP contribution in [0, 0.1) is 0 Å². The van der Waals surface area contributed by atoms with Gasteiger partial charge in [0.2, 0.25) is 0 Å². The Morgan fingerprint density at radius 1 is 1.12 bits per heavy atom. The number of carbonyl (C=O) groups is 1. The fourth-order valence-corrected chi connectivity index (χ4v) is 2.96. The Hall–Kier alpha value is -2.26. The molecule has 0 aliphatic carbocycles. The number of ether oxygens (including phenoxy) is 1. The molecule has 0 radical (unpaired) electrons. The number of sulfonamides is 1. The highest BCUT2D eigenvalue weighted by Gasteiger charge is 2.14. The molecule has 2 aromatic carbocycles.